The van der Waals surface area contributed by atoms with Gasteiger partial charge in [0.2, 0.25) is 0 Å². The molecule has 0 radical (unpaired) electrons. The van der Waals surface area contributed by atoms with Crippen LogP contribution in [0.4, 0.5) is 0 Å². The van der Waals surface area contributed by atoms with Gasteiger partial charge in [0.25, 0.3) is 0 Å². The van der Waals surface area contributed by atoms with Gasteiger partial charge in [0.05, 0.1) is 12.7 Å². The Morgan fingerprint density at radius 3 is 2.67 bits per heavy atom. The molecule has 0 heterocycles. The molecule has 0 amide bonds. The number of aliphatic hydroxyl groups excluding tert-OH is 1. The topological polar surface area (TPSA) is 67.8 Å². The van der Waals surface area contributed by atoms with Crippen LogP contribution in [-0.4, -0.2) is 43.3 Å². The molecule has 0 bridgehead atoms. The highest BCUT2D eigenvalue weighted by Gasteiger charge is 2.14. The maximum absolute atomic E-state index is 11.9. The standard InChI is InChI=1S/C16H25NO4/c1-5-15(19)14-7-6-13(20-4)8-16(14)21-10-12(18)9-17-11(2)3/h6-8,11-12,17-18H,5,9-10H2,1-4H3. The van der Waals surface area contributed by atoms with Crippen LogP contribution in [0.15, 0.2) is 18.2 Å². The van der Waals surface area contributed by atoms with Gasteiger partial charge >= 0.3 is 0 Å². The van der Waals surface area contributed by atoms with E-state index in [-0.39, 0.29) is 12.4 Å². The van der Waals surface area contributed by atoms with Gasteiger partial charge in [-0.25, -0.2) is 0 Å². The summed E-state index contributed by atoms with van der Waals surface area (Å²) in [6.07, 6.45) is -0.233. The van der Waals surface area contributed by atoms with Gasteiger partial charge in [-0.2, -0.15) is 0 Å². The summed E-state index contributed by atoms with van der Waals surface area (Å²) in [7, 11) is 1.56. The fraction of sp³-hybridized carbons (Fsp3) is 0.562. The minimum absolute atomic E-state index is 0.00227. The SMILES string of the molecule is CCC(=O)c1ccc(OC)cc1OCC(O)CNC(C)C. The maximum atomic E-state index is 11.9. The van der Waals surface area contributed by atoms with E-state index < -0.39 is 6.10 Å². The van der Waals surface area contributed by atoms with Crippen molar-refractivity contribution in [1.82, 2.24) is 5.32 Å². The zero-order chi connectivity index (χ0) is 15.8. The fourth-order valence-corrected chi connectivity index (χ4v) is 1.79. The van der Waals surface area contributed by atoms with Crippen LogP contribution in [0.1, 0.15) is 37.6 Å². The Hall–Kier alpha value is -1.59. The van der Waals surface area contributed by atoms with Crippen molar-refractivity contribution < 1.29 is 19.4 Å². The molecule has 1 aromatic carbocycles. The molecule has 118 valence electrons. The van der Waals surface area contributed by atoms with E-state index in [0.717, 1.165) is 0 Å². The van der Waals surface area contributed by atoms with Crippen LogP contribution < -0.4 is 14.8 Å². The van der Waals surface area contributed by atoms with Gasteiger partial charge in [-0.1, -0.05) is 20.8 Å². The van der Waals surface area contributed by atoms with Crippen LogP contribution in [0, 0.1) is 0 Å². The molecular formula is C16H25NO4. The molecule has 0 aliphatic rings. The first kappa shape index (κ1) is 17.5. The minimum Gasteiger partial charge on any atom is -0.497 e. The fourth-order valence-electron chi connectivity index (χ4n) is 1.79. The molecule has 5 heteroatoms. The summed E-state index contributed by atoms with van der Waals surface area (Å²) in [6, 6.07) is 5.39. The van der Waals surface area contributed by atoms with E-state index in [2.05, 4.69) is 5.32 Å². The lowest BCUT2D eigenvalue weighted by atomic mass is 10.1. The van der Waals surface area contributed by atoms with Crippen molar-refractivity contribution in [3.63, 3.8) is 0 Å². The van der Waals surface area contributed by atoms with Crippen molar-refractivity contribution in [3.8, 4) is 11.5 Å². The normalized spacial score (nSPS) is 12.3. The molecule has 0 spiro atoms. The Kier molecular flexibility index (Phi) is 7.19. The van der Waals surface area contributed by atoms with Crippen LogP contribution in [0.5, 0.6) is 11.5 Å². The first-order valence-electron chi connectivity index (χ1n) is 7.23. The summed E-state index contributed by atoms with van der Waals surface area (Å²) in [6.45, 7) is 6.38. The lowest BCUT2D eigenvalue weighted by Gasteiger charge is -2.17. The Bertz CT molecular complexity index is 460. The van der Waals surface area contributed by atoms with Gasteiger partial charge in [-0.3, -0.25) is 4.79 Å². The van der Waals surface area contributed by atoms with Crippen LogP contribution >= 0.6 is 0 Å². The van der Waals surface area contributed by atoms with Crippen molar-refractivity contribution in [2.45, 2.75) is 39.3 Å². The summed E-state index contributed by atoms with van der Waals surface area (Å²) in [5.41, 5.74) is 0.516. The number of nitrogens with one attached hydrogen (secondary N) is 1. The van der Waals surface area contributed by atoms with Gasteiger partial charge in [-0.15, -0.1) is 0 Å². The molecule has 5 nitrogen and oxygen atoms in total. The number of ether oxygens (including phenoxy) is 2. The largest absolute Gasteiger partial charge is 0.497 e. The Balaban J connectivity index is 2.73. The van der Waals surface area contributed by atoms with Gasteiger partial charge in [0.15, 0.2) is 5.78 Å². The molecule has 21 heavy (non-hydrogen) atoms. The molecular weight excluding hydrogens is 270 g/mol. The molecule has 0 saturated heterocycles. The highest BCUT2D eigenvalue weighted by Crippen LogP contribution is 2.26. The van der Waals surface area contributed by atoms with E-state index in [1.165, 1.54) is 0 Å². The summed E-state index contributed by atoms with van der Waals surface area (Å²) in [4.78, 5) is 11.9. The summed E-state index contributed by atoms with van der Waals surface area (Å²) in [5, 5.41) is 13.0. The maximum Gasteiger partial charge on any atom is 0.166 e. The van der Waals surface area contributed by atoms with E-state index in [1.807, 2.05) is 13.8 Å². The van der Waals surface area contributed by atoms with Gasteiger partial charge < -0.3 is 19.9 Å². The number of aliphatic hydroxyl groups is 1. The molecule has 2 N–H and O–H groups in total. The molecule has 0 aromatic heterocycles. The van der Waals surface area contributed by atoms with Crippen molar-refractivity contribution in [2.24, 2.45) is 0 Å². The molecule has 0 fully saturated rings. The first-order valence-corrected chi connectivity index (χ1v) is 7.23. The van der Waals surface area contributed by atoms with E-state index in [1.54, 1.807) is 32.2 Å². The van der Waals surface area contributed by atoms with Crippen molar-refractivity contribution in [1.29, 1.82) is 0 Å². The molecule has 0 saturated carbocycles. The zero-order valence-corrected chi connectivity index (χ0v) is 13.2. The minimum atomic E-state index is -0.636. The predicted octanol–water partition coefficient (Wildman–Crippen LogP) is 2.03. The van der Waals surface area contributed by atoms with Crippen LogP contribution in [0.25, 0.3) is 0 Å². The van der Waals surface area contributed by atoms with Gasteiger partial charge in [0, 0.05) is 25.1 Å². The number of ketones is 1. The molecule has 0 aliphatic carbocycles. The number of hydrogen-bond acceptors (Lipinski definition) is 5. The number of hydrogen-bond donors (Lipinski definition) is 2. The number of carbonyl (C=O) groups is 1. The smallest absolute Gasteiger partial charge is 0.166 e. The Labute approximate surface area is 126 Å². The van der Waals surface area contributed by atoms with Crippen molar-refractivity contribution in [2.75, 3.05) is 20.3 Å². The lowest BCUT2D eigenvalue weighted by Crippen LogP contribution is -2.35. The quantitative estimate of drug-likeness (QED) is 0.682. The predicted molar refractivity (Wildman–Crippen MR) is 82.3 cm³/mol. The number of benzene rings is 1. The number of Topliss-reactive ketones (excluding diaryl/α,β-unsaturated/α-hetero) is 1. The third-order valence-electron chi connectivity index (χ3n) is 3.00. The first-order chi connectivity index (χ1) is 9.97. The van der Waals surface area contributed by atoms with Crippen molar-refractivity contribution in [3.05, 3.63) is 23.8 Å². The van der Waals surface area contributed by atoms with E-state index in [4.69, 9.17) is 9.47 Å². The highest BCUT2D eigenvalue weighted by atomic mass is 16.5. The summed E-state index contributed by atoms with van der Waals surface area (Å²) in [5.74, 6) is 1.07. The third-order valence-corrected chi connectivity index (χ3v) is 3.00. The Morgan fingerprint density at radius 2 is 2.10 bits per heavy atom. The zero-order valence-electron chi connectivity index (χ0n) is 13.2. The number of rotatable bonds is 9. The molecule has 0 aliphatic heterocycles. The number of methoxy groups -OCH3 is 1. The van der Waals surface area contributed by atoms with E-state index >= 15 is 0 Å². The second-order valence-electron chi connectivity index (χ2n) is 5.17. The number of carbonyl (C=O) groups excluding carboxylic acids is 1. The molecule has 1 unspecified atom stereocenters. The van der Waals surface area contributed by atoms with E-state index in [9.17, 15) is 9.90 Å². The van der Waals surface area contributed by atoms with Gasteiger partial charge in [-0.05, 0) is 12.1 Å². The second kappa shape index (κ2) is 8.64. The molecule has 1 atom stereocenters. The average molecular weight is 295 g/mol. The van der Waals surface area contributed by atoms with Crippen molar-refractivity contribution >= 4 is 5.78 Å². The highest BCUT2D eigenvalue weighted by molar-refractivity contribution is 5.98. The van der Waals surface area contributed by atoms with Crippen LogP contribution in [-0.2, 0) is 0 Å². The lowest BCUT2D eigenvalue weighted by molar-refractivity contribution is 0.0950. The molecule has 1 rings (SSSR count). The van der Waals surface area contributed by atoms with Gasteiger partial charge in [0.1, 0.15) is 24.2 Å². The monoisotopic (exact) mass is 295 g/mol. The third kappa shape index (κ3) is 5.73. The van der Waals surface area contributed by atoms with Crippen LogP contribution in [0.2, 0.25) is 0 Å². The van der Waals surface area contributed by atoms with Crippen LogP contribution in [0.3, 0.4) is 0 Å². The molecule has 1 aromatic rings. The van der Waals surface area contributed by atoms with E-state index in [0.29, 0.717) is 36.1 Å². The second-order valence-corrected chi connectivity index (χ2v) is 5.17. The average Bonchev–Trinajstić information content (AvgIpc) is 2.49. The Morgan fingerprint density at radius 1 is 1.38 bits per heavy atom. The summed E-state index contributed by atoms with van der Waals surface area (Å²) >= 11 is 0. The summed E-state index contributed by atoms with van der Waals surface area (Å²) < 4.78 is 10.7.